The lowest BCUT2D eigenvalue weighted by atomic mass is 9.82. The Bertz CT molecular complexity index is 1170. The summed E-state index contributed by atoms with van der Waals surface area (Å²) in [6.07, 6.45) is 9.11. The predicted octanol–water partition coefficient (Wildman–Crippen LogP) is 6.92. The van der Waals surface area contributed by atoms with E-state index >= 15 is 0 Å². The van der Waals surface area contributed by atoms with Gasteiger partial charge in [-0.25, -0.2) is 0 Å². The Hall–Kier alpha value is -2.62. The molecule has 0 bridgehead atoms. The summed E-state index contributed by atoms with van der Waals surface area (Å²) in [5, 5.41) is 30.6. The lowest BCUT2D eigenvalue weighted by Crippen LogP contribution is -2.17. The number of phenols is 1. The van der Waals surface area contributed by atoms with Gasteiger partial charge in [-0.2, -0.15) is 0 Å². The summed E-state index contributed by atoms with van der Waals surface area (Å²) >= 11 is 0. The number of hydrogen-bond donors (Lipinski definition) is 3. The topological polar surface area (TPSA) is 60.7 Å². The van der Waals surface area contributed by atoms with Crippen LogP contribution in [0.2, 0.25) is 0 Å². The molecular weight excluding hydrogens is 444 g/mol. The van der Waals surface area contributed by atoms with Gasteiger partial charge in [0.05, 0.1) is 12.2 Å². The average molecular weight is 485 g/mol. The number of aliphatic hydroxyl groups excluding tert-OH is 2. The molecule has 36 heavy (non-hydrogen) atoms. The van der Waals surface area contributed by atoms with Gasteiger partial charge in [-0.1, -0.05) is 60.7 Å². The molecule has 0 spiro atoms. The smallest absolute Gasteiger partial charge is 0.122 e. The van der Waals surface area contributed by atoms with Crippen molar-refractivity contribution in [2.45, 2.75) is 95.2 Å². The van der Waals surface area contributed by atoms with E-state index in [1.54, 1.807) is 0 Å². The average Bonchev–Trinajstić information content (AvgIpc) is 2.88. The van der Waals surface area contributed by atoms with Gasteiger partial charge < -0.3 is 15.3 Å². The molecule has 2 aliphatic rings. The Morgan fingerprint density at radius 3 is 1.64 bits per heavy atom. The van der Waals surface area contributed by atoms with Crippen LogP contribution in [0.25, 0.3) is 0 Å². The summed E-state index contributed by atoms with van der Waals surface area (Å²) in [5.41, 5.74) is 8.43. The van der Waals surface area contributed by atoms with Crippen LogP contribution in [0.1, 0.15) is 102 Å². The molecular formula is C33H40O3. The first-order valence-electron chi connectivity index (χ1n) is 13.8. The molecule has 0 atom stereocenters. The van der Waals surface area contributed by atoms with E-state index in [-0.39, 0.29) is 12.2 Å². The monoisotopic (exact) mass is 484 g/mol. The maximum absolute atomic E-state index is 10.9. The molecule has 0 unspecified atom stereocenters. The lowest BCUT2D eigenvalue weighted by Gasteiger charge is -2.26. The van der Waals surface area contributed by atoms with Crippen LogP contribution in [0.5, 0.6) is 5.75 Å². The van der Waals surface area contributed by atoms with Crippen molar-refractivity contribution >= 4 is 0 Å². The van der Waals surface area contributed by atoms with Gasteiger partial charge in [0.15, 0.2) is 0 Å². The summed E-state index contributed by atoms with van der Waals surface area (Å²) in [4.78, 5) is 0. The van der Waals surface area contributed by atoms with Crippen LogP contribution in [0.3, 0.4) is 0 Å². The highest BCUT2D eigenvalue weighted by Gasteiger charge is 2.22. The molecule has 3 aromatic rings. The first-order chi connectivity index (χ1) is 17.4. The molecule has 0 amide bonds. The van der Waals surface area contributed by atoms with Crippen LogP contribution in [0, 0.1) is 6.92 Å². The van der Waals surface area contributed by atoms with E-state index in [4.69, 9.17) is 0 Å². The zero-order chi connectivity index (χ0) is 25.1. The molecule has 2 fully saturated rings. The third-order valence-corrected chi connectivity index (χ3v) is 8.48. The number of aromatic hydroxyl groups is 1. The molecule has 3 nitrogen and oxygen atoms in total. The third-order valence-electron chi connectivity index (χ3n) is 8.48. The summed E-state index contributed by atoms with van der Waals surface area (Å²) in [7, 11) is 0. The Labute approximate surface area is 215 Å². The maximum Gasteiger partial charge on any atom is 0.122 e. The van der Waals surface area contributed by atoms with Crippen molar-refractivity contribution in [1.29, 1.82) is 0 Å². The lowest BCUT2D eigenvalue weighted by molar-refractivity contribution is 0.122. The molecule has 0 heterocycles. The number of benzene rings is 3. The van der Waals surface area contributed by atoms with E-state index in [9.17, 15) is 15.3 Å². The Morgan fingerprint density at radius 1 is 0.611 bits per heavy atom. The third kappa shape index (κ3) is 6.02. The quantitative estimate of drug-likeness (QED) is 0.356. The van der Waals surface area contributed by atoms with Crippen LogP contribution in [0.15, 0.2) is 60.7 Å². The van der Waals surface area contributed by atoms with Gasteiger partial charge in [-0.15, -0.1) is 0 Å². The van der Waals surface area contributed by atoms with Crippen molar-refractivity contribution < 1.29 is 15.3 Å². The van der Waals surface area contributed by atoms with E-state index in [1.165, 1.54) is 27.8 Å². The van der Waals surface area contributed by atoms with Crippen LogP contribution in [-0.2, 0) is 12.8 Å². The van der Waals surface area contributed by atoms with Gasteiger partial charge in [-0.3, -0.25) is 0 Å². The fourth-order valence-electron chi connectivity index (χ4n) is 6.36. The van der Waals surface area contributed by atoms with Crippen LogP contribution in [-0.4, -0.2) is 27.5 Å². The fraction of sp³-hybridized carbons (Fsp3) is 0.455. The van der Waals surface area contributed by atoms with E-state index in [2.05, 4.69) is 60.7 Å². The number of aliphatic hydroxyl groups is 2. The second-order valence-corrected chi connectivity index (χ2v) is 11.3. The van der Waals surface area contributed by atoms with E-state index in [1.807, 2.05) is 6.92 Å². The molecule has 3 N–H and O–H groups in total. The van der Waals surface area contributed by atoms with Gasteiger partial charge in [0.1, 0.15) is 5.75 Å². The van der Waals surface area contributed by atoms with Crippen LogP contribution < -0.4 is 0 Å². The van der Waals surface area contributed by atoms with Crippen molar-refractivity contribution in [3.05, 3.63) is 99.6 Å². The molecule has 190 valence electrons. The van der Waals surface area contributed by atoms with Gasteiger partial charge in [-0.05, 0) is 115 Å². The Balaban J connectivity index is 1.32. The van der Waals surface area contributed by atoms with Gasteiger partial charge in [0.25, 0.3) is 0 Å². The van der Waals surface area contributed by atoms with Crippen molar-refractivity contribution in [2.24, 2.45) is 0 Å². The first kappa shape index (κ1) is 25.0. The number of phenolic OH excluding ortho intramolecular Hbond substituents is 1. The van der Waals surface area contributed by atoms with Gasteiger partial charge in [0, 0.05) is 6.42 Å². The minimum absolute atomic E-state index is 0.126. The Morgan fingerprint density at radius 2 is 1.11 bits per heavy atom. The minimum Gasteiger partial charge on any atom is -0.507 e. The van der Waals surface area contributed by atoms with E-state index < -0.39 is 0 Å². The normalized spacial score (nSPS) is 24.5. The first-order valence-corrected chi connectivity index (χ1v) is 13.8. The number of rotatable bonds is 6. The van der Waals surface area contributed by atoms with Crippen LogP contribution >= 0.6 is 0 Å². The van der Waals surface area contributed by atoms with Crippen molar-refractivity contribution in [1.82, 2.24) is 0 Å². The maximum atomic E-state index is 10.9. The molecule has 2 aliphatic carbocycles. The van der Waals surface area contributed by atoms with E-state index in [0.717, 1.165) is 68.9 Å². The predicted molar refractivity (Wildman–Crippen MR) is 146 cm³/mol. The molecule has 3 aromatic carbocycles. The molecule has 5 rings (SSSR count). The zero-order valence-electron chi connectivity index (χ0n) is 21.5. The minimum atomic E-state index is -0.136. The molecule has 0 saturated heterocycles. The highest BCUT2D eigenvalue weighted by atomic mass is 16.3. The summed E-state index contributed by atoms with van der Waals surface area (Å²) < 4.78 is 0. The van der Waals surface area contributed by atoms with Gasteiger partial charge in [0.2, 0.25) is 0 Å². The van der Waals surface area contributed by atoms with Crippen LogP contribution in [0.4, 0.5) is 0 Å². The zero-order valence-corrected chi connectivity index (χ0v) is 21.5. The molecule has 0 radical (unpaired) electrons. The highest BCUT2D eigenvalue weighted by Crippen LogP contribution is 2.35. The van der Waals surface area contributed by atoms with Gasteiger partial charge >= 0.3 is 0 Å². The SMILES string of the molecule is Cc1cc(Cc2cccc(C3CCC(O)CC3)c2)cc(Cc2cccc(C3CCC(O)CC3)c2)c1O. The molecule has 3 heteroatoms. The highest BCUT2D eigenvalue weighted by molar-refractivity contribution is 5.47. The Kier molecular flexibility index (Phi) is 7.79. The molecule has 0 aromatic heterocycles. The fourth-order valence-corrected chi connectivity index (χ4v) is 6.36. The van der Waals surface area contributed by atoms with Crippen molar-refractivity contribution in [3.63, 3.8) is 0 Å². The molecule has 2 saturated carbocycles. The van der Waals surface area contributed by atoms with E-state index in [0.29, 0.717) is 24.0 Å². The number of hydrogen-bond acceptors (Lipinski definition) is 3. The molecule has 0 aliphatic heterocycles. The van der Waals surface area contributed by atoms with Crippen molar-refractivity contribution in [3.8, 4) is 5.75 Å². The number of aryl methyl sites for hydroxylation is 1. The second-order valence-electron chi connectivity index (χ2n) is 11.3. The summed E-state index contributed by atoms with van der Waals surface area (Å²) in [6.45, 7) is 2.00. The summed E-state index contributed by atoms with van der Waals surface area (Å²) in [5.74, 6) is 1.47. The largest absolute Gasteiger partial charge is 0.507 e. The summed E-state index contributed by atoms with van der Waals surface area (Å²) in [6, 6.07) is 22.1. The standard InChI is InChI=1S/C33H40O3/c1-22-16-25(17-23-4-2-6-28(18-23)26-8-12-31(34)13-9-26)21-30(33(22)36)20-24-5-3-7-29(19-24)27-10-14-32(35)15-11-27/h2-7,16,18-19,21,26-27,31-32,34-36H,8-15,17,20H2,1H3. The second kappa shape index (κ2) is 11.2. The van der Waals surface area contributed by atoms with Crippen molar-refractivity contribution in [2.75, 3.05) is 0 Å².